The van der Waals surface area contributed by atoms with E-state index in [0.29, 0.717) is 22.7 Å². The Morgan fingerprint density at radius 1 is 0.939 bits per heavy atom. The van der Waals surface area contributed by atoms with Gasteiger partial charge in [-0.2, -0.15) is 0 Å². The van der Waals surface area contributed by atoms with Gasteiger partial charge in [-0.25, -0.2) is 4.89 Å². The van der Waals surface area contributed by atoms with Crippen molar-refractivity contribution in [2.75, 3.05) is 6.61 Å². The molecule has 2 N–H and O–H groups in total. The molecule has 3 heteroatoms. The van der Waals surface area contributed by atoms with Gasteiger partial charge in [0.2, 0.25) is 0 Å². The highest BCUT2D eigenvalue weighted by Crippen LogP contribution is 2.75. The predicted octanol–water partition coefficient (Wildman–Crippen LogP) is 7.95. The molecule has 0 heterocycles. The van der Waals surface area contributed by atoms with Crippen LogP contribution in [0.25, 0.3) is 0 Å². The highest BCUT2D eigenvalue weighted by molar-refractivity contribution is 5.29. The summed E-state index contributed by atoms with van der Waals surface area (Å²) in [4.78, 5) is 4.72. The van der Waals surface area contributed by atoms with E-state index >= 15 is 0 Å². The minimum Gasteiger partial charge on any atom is -0.392 e. The first kappa shape index (κ1) is 25.5. The molecule has 4 fully saturated rings. The number of rotatable bonds is 5. The summed E-state index contributed by atoms with van der Waals surface area (Å²) in [5, 5.41) is 20.3. The fourth-order valence-electron chi connectivity index (χ4n) is 9.91. The lowest BCUT2D eigenvalue weighted by Gasteiger charge is -2.69. The molecular weight excluding hydrogens is 408 g/mol. The highest BCUT2D eigenvalue weighted by atomic mass is 17.1. The molecule has 188 valence electrons. The van der Waals surface area contributed by atoms with E-state index in [1.165, 1.54) is 50.5 Å². The van der Waals surface area contributed by atoms with Gasteiger partial charge in [-0.3, -0.25) is 5.26 Å². The number of aliphatic hydroxyl groups is 1. The third-order valence-corrected chi connectivity index (χ3v) is 12.0. The Balaban J connectivity index is 1.64. The van der Waals surface area contributed by atoms with Crippen LogP contribution in [-0.2, 0) is 4.89 Å². The van der Waals surface area contributed by atoms with E-state index in [9.17, 15) is 10.4 Å². The van der Waals surface area contributed by atoms with Gasteiger partial charge in [-0.05, 0) is 119 Å². The Morgan fingerprint density at radius 2 is 1.67 bits per heavy atom. The summed E-state index contributed by atoms with van der Waals surface area (Å²) in [6, 6.07) is 0. The van der Waals surface area contributed by atoms with Crippen molar-refractivity contribution in [3.63, 3.8) is 0 Å². The molecule has 0 aromatic rings. The molecule has 0 aromatic carbocycles. The average molecular weight is 459 g/mol. The minimum atomic E-state index is -0.386. The number of hydrogen-bond acceptors (Lipinski definition) is 3. The summed E-state index contributed by atoms with van der Waals surface area (Å²) in [6.07, 6.45) is 14.0. The summed E-state index contributed by atoms with van der Waals surface area (Å²) in [7, 11) is 0. The molecule has 4 aliphatic carbocycles. The maximum absolute atomic E-state index is 11.0. The first-order valence-corrected chi connectivity index (χ1v) is 13.7. The molecule has 4 rings (SSSR count). The molecule has 5 unspecified atom stereocenters. The molecule has 0 aromatic heterocycles. The van der Waals surface area contributed by atoms with Gasteiger partial charge in [0.25, 0.3) is 0 Å². The monoisotopic (exact) mass is 458 g/mol. The number of hydrogen-bond donors (Lipinski definition) is 2. The van der Waals surface area contributed by atoms with Crippen molar-refractivity contribution in [1.29, 1.82) is 0 Å². The minimum absolute atomic E-state index is 0.207. The van der Waals surface area contributed by atoms with Gasteiger partial charge in [-0.15, -0.1) is 0 Å². The molecule has 0 amide bonds. The summed E-state index contributed by atoms with van der Waals surface area (Å²) in [5.41, 5.74) is 5.45. The van der Waals surface area contributed by atoms with E-state index < -0.39 is 0 Å². The Kier molecular flexibility index (Phi) is 6.78. The van der Waals surface area contributed by atoms with Crippen LogP contribution in [0.15, 0.2) is 22.8 Å². The number of fused-ring (bicyclic) bond motifs is 5. The summed E-state index contributed by atoms with van der Waals surface area (Å²) in [5.74, 6) is 1.83. The van der Waals surface area contributed by atoms with E-state index in [1.807, 2.05) is 0 Å². The molecule has 0 saturated heterocycles. The molecule has 3 nitrogen and oxygen atoms in total. The first-order valence-electron chi connectivity index (χ1n) is 13.7. The van der Waals surface area contributed by atoms with E-state index in [2.05, 4.69) is 54.5 Å². The number of allylic oxidation sites excluding steroid dienone is 4. The van der Waals surface area contributed by atoms with Crippen molar-refractivity contribution in [2.24, 2.45) is 39.4 Å². The largest absolute Gasteiger partial charge is 0.392 e. The lowest BCUT2D eigenvalue weighted by molar-refractivity contribution is -0.299. The zero-order valence-corrected chi connectivity index (χ0v) is 22.5. The second-order valence-electron chi connectivity index (χ2n) is 13.6. The Morgan fingerprint density at radius 3 is 2.33 bits per heavy atom. The quantitative estimate of drug-likeness (QED) is 0.250. The molecule has 33 heavy (non-hydrogen) atoms. The Labute approximate surface area is 203 Å². The lowest BCUT2D eigenvalue weighted by Crippen LogP contribution is -2.64. The molecule has 0 radical (unpaired) electrons. The van der Waals surface area contributed by atoms with Gasteiger partial charge in [0, 0.05) is 5.41 Å². The highest BCUT2D eigenvalue weighted by Gasteiger charge is 2.68. The predicted molar refractivity (Wildman–Crippen MR) is 136 cm³/mol. The standard InChI is InChI=1S/C30H50O3/c1-20(2)9-8-10-21(3)22-13-17-29(6)23(22)11-12-25-27(4)16-15-26(31)28(5,19-33-32)24(27)14-18-30(25,29)7/h9,23-26,31-32H,8,10-19H2,1-7H3/b22-21-/t23?,24?,25?,26?,27-,28?,29-,30-/m0/s1. The maximum atomic E-state index is 11.0. The van der Waals surface area contributed by atoms with Crippen LogP contribution in [0, 0.1) is 39.4 Å². The summed E-state index contributed by atoms with van der Waals surface area (Å²) in [6.45, 7) is 17.0. The van der Waals surface area contributed by atoms with Crippen LogP contribution in [0.4, 0.5) is 0 Å². The SMILES string of the molecule is CC(C)=CCC/C(C)=C1/CC[C@@]2(C)C1CCC1[C@@]3(C)CCC(O)C(C)(COO)C3CC[C@@]12C. The van der Waals surface area contributed by atoms with Crippen LogP contribution in [0.2, 0.25) is 0 Å². The molecule has 4 saturated carbocycles. The van der Waals surface area contributed by atoms with Crippen LogP contribution in [0.3, 0.4) is 0 Å². The van der Waals surface area contributed by atoms with Crippen molar-refractivity contribution in [1.82, 2.24) is 0 Å². The van der Waals surface area contributed by atoms with Crippen LogP contribution < -0.4 is 0 Å². The van der Waals surface area contributed by atoms with Crippen LogP contribution >= 0.6 is 0 Å². The summed E-state index contributed by atoms with van der Waals surface area (Å²) < 4.78 is 0. The van der Waals surface area contributed by atoms with Crippen molar-refractivity contribution in [3.8, 4) is 0 Å². The smallest absolute Gasteiger partial charge is 0.0900 e. The normalized spacial score (nSPS) is 48.5. The number of aliphatic hydroxyl groups excluding tert-OH is 1. The average Bonchev–Trinajstić information content (AvgIpc) is 3.09. The van der Waals surface area contributed by atoms with Crippen molar-refractivity contribution in [2.45, 2.75) is 119 Å². The van der Waals surface area contributed by atoms with Crippen molar-refractivity contribution in [3.05, 3.63) is 22.8 Å². The van der Waals surface area contributed by atoms with Gasteiger partial charge in [-0.1, -0.05) is 50.5 Å². The molecule has 8 atom stereocenters. The van der Waals surface area contributed by atoms with Gasteiger partial charge < -0.3 is 5.11 Å². The van der Waals surface area contributed by atoms with Crippen LogP contribution in [0.1, 0.15) is 113 Å². The Hall–Kier alpha value is -0.640. The fraction of sp³-hybridized carbons (Fsp3) is 0.867. The topological polar surface area (TPSA) is 49.7 Å². The fourth-order valence-corrected chi connectivity index (χ4v) is 9.91. The third kappa shape index (κ3) is 3.71. The molecular formula is C30H50O3. The second kappa shape index (κ2) is 8.79. The summed E-state index contributed by atoms with van der Waals surface area (Å²) >= 11 is 0. The Bertz CT molecular complexity index is 809. The lowest BCUT2D eigenvalue weighted by atomic mass is 9.35. The van der Waals surface area contributed by atoms with Gasteiger partial charge >= 0.3 is 0 Å². The van der Waals surface area contributed by atoms with Gasteiger partial charge in [0.15, 0.2) is 0 Å². The van der Waals surface area contributed by atoms with Crippen molar-refractivity contribution >= 4 is 0 Å². The van der Waals surface area contributed by atoms with Gasteiger partial charge in [0.1, 0.15) is 0 Å². The van der Waals surface area contributed by atoms with E-state index in [0.717, 1.165) is 25.2 Å². The molecule has 0 aliphatic heterocycles. The van der Waals surface area contributed by atoms with Crippen molar-refractivity contribution < 1.29 is 15.3 Å². The maximum Gasteiger partial charge on any atom is 0.0900 e. The third-order valence-electron chi connectivity index (χ3n) is 12.0. The zero-order valence-electron chi connectivity index (χ0n) is 22.5. The van der Waals surface area contributed by atoms with Crippen LogP contribution in [-0.4, -0.2) is 23.1 Å². The van der Waals surface area contributed by atoms with Gasteiger partial charge in [0.05, 0.1) is 12.7 Å². The van der Waals surface area contributed by atoms with E-state index in [4.69, 9.17) is 4.89 Å². The molecule has 0 spiro atoms. The zero-order chi connectivity index (χ0) is 24.2. The van der Waals surface area contributed by atoms with E-state index in [1.54, 1.807) is 11.1 Å². The molecule has 0 bridgehead atoms. The first-order chi connectivity index (χ1) is 15.4. The van der Waals surface area contributed by atoms with E-state index in [-0.39, 0.29) is 23.5 Å². The molecule has 4 aliphatic rings. The second-order valence-corrected chi connectivity index (χ2v) is 13.6. The van der Waals surface area contributed by atoms with Crippen LogP contribution in [0.5, 0.6) is 0 Å².